The van der Waals surface area contributed by atoms with Crippen molar-refractivity contribution in [3.8, 4) is 0 Å². The fourth-order valence-electron chi connectivity index (χ4n) is 1.74. The Hall–Kier alpha value is -1.15. The zero-order chi connectivity index (χ0) is 13.2. The molecule has 4 N–H and O–H groups in total. The van der Waals surface area contributed by atoms with Crippen molar-refractivity contribution >= 4 is 15.7 Å². The van der Waals surface area contributed by atoms with E-state index in [9.17, 15) is 8.42 Å². The summed E-state index contributed by atoms with van der Waals surface area (Å²) in [6.45, 7) is 3.47. The molecule has 0 bridgehead atoms. The van der Waals surface area contributed by atoms with Crippen molar-refractivity contribution in [1.82, 2.24) is 9.84 Å². The highest BCUT2D eigenvalue weighted by molar-refractivity contribution is 7.89. The molecule has 17 heavy (non-hydrogen) atoms. The Balaban J connectivity index is 3.32. The number of rotatable bonds is 4. The van der Waals surface area contributed by atoms with Gasteiger partial charge in [-0.05, 0) is 37.1 Å². The van der Waals surface area contributed by atoms with Gasteiger partial charge < -0.3 is 5.43 Å². The van der Waals surface area contributed by atoms with Crippen LogP contribution in [-0.4, -0.2) is 27.5 Å². The molecule has 1 aromatic rings. The van der Waals surface area contributed by atoms with Crippen LogP contribution in [0, 0.1) is 13.8 Å². The number of aryl methyl sites for hydroxylation is 2. The lowest BCUT2D eigenvalue weighted by molar-refractivity contribution is 0.363. The van der Waals surface area contributed by atoms with Gasteiger partial charge in [-0.25, -0.2) is 13.4 Å². The maximum absolute atomic E-state index is 12.1. The van der Waals surface area contributed by atoms with Gasteiger partial charge in [0.25, 0.3) is 10.0 Å². The van der Waals surface area contributed by atoms with Crippen LogP contribution in [0.15, 0.2) is 17.0 Å². The number of hydrogen-bond donors (Lipinski definition) is 3. The van der Waals surface area contributed by atoms with Crippen molar-refractivity contribution in [3.05, 3.63) is 23.3 Å². The first-order valence-corrected chi connectivity index (χ1v) is 6.54. The van der Waals surface area contributed by atoms with Crippen LogP contribution in [0.25, 0.3) is 0 Å². The lowest BCUT2D eigenvalue weighted by Crippen LogP contribution is -2.36. The lowest BCUT2D eigenvalue weighted by Gasteiger charge is -2.16. The van der Waals surface area contributed by atoms with E-state index in [0.717, 1.165) is 0 Å². The smallest absolute Gasteiger partial charge is 0.253 e. The first-order valence-electron chi connectivity index (χ1n) is 5.05. The standard InChI is InChI=1S/C10H18N4O2S/c1-7-5-9(12-11)6-8(2)10(7)17(15,16)13-14(3)4/h5-6,12-13H,11H2,1-4H3. The van der Waals surface area contributed by atoms with Crippen LogP contribution in [0.3, 0.4) is 0 Å². The molecule has 0 aromatic heterocycles. The highest BCUT2D eigenvalue weighted by Gasteiger charge is 2.20. The number of nitrogens with one attached hydrogen (secondary N) is 2. The van der Waals surface area contributed by atoms with Crippen LogP contribution in [0.2, 0.25) is 0 Å². The van der Waals surface area contributed by atoms with Crippen molar-refractivity contribution < 1.29 is 8.42 Å². The predicted octanol–water partition coefficient (Wildman–Crippen LogP) is 0.344. The zero-order valence-corrected chi connectivity index (χ0v) is 11.2. The number of sulfonamides is 1. The summed E-state index contributed by atoms with van der Waals surface area (Å²) in [5.74, 6) is 5.30. The Bertz CT molecular complexity index is 488. The van der Waals surface area contributed by atoms with Crippen molar-refractivity contribution in [1.29, 1.82) is 0 Å². The Morgan fingerprint density at radius 2 is 1.65 bits per heavy atom. The molecule has 1 rings (SSSR count). The SMILES string of the molecule is Cc1cc(NN)cc(C)c1S(=O)(=O)NN(C)C. The molecule has 0 aliphatic carbocycles. The second kappa shape index (κ2) is 5.01. The fourth-order valence-corrected chi connectivity index (χ4v) is 3.28. The molecule has 0 aliphatic heterocycles. The van der Waals surface area contributed by atoms with Gasteiger partial charge in [-0.15, -0.1) is 4.83 Å². The average molecular weight is 258 g/mol. The number of hydrogen-bond acceptors (Lipinski definition) is 5. The van der Waals surface area contributed by atoms with Crippen LogP contribution in [-0.2, 0) is 10.0 Å². The predicted molar refractivity (Wildman–Crippen MR) is 67.7 cm³/mol. The van der Waals surface area contributed by atoms with E-state index in [-0.39, 0.29) is 4.90 Å². The molecular weight excluding hydrogens is 240 g/mol. The molecular formula is C10H18N4O2S. The van der Waals surface area contributed by atoms with Crippen molar-refractivity contribution in [3.63, 3.8) is 0 Å². The van der Waals surface area contributed by atoms with Gasteiger partial charge in [0.2, 0.25) is 0 Å². The van der Waals surface area contributed by atoms with Gasteiger partial charge >= 0.3 is 0 Å². The fraction of sp³-hybridized carbons (Fsp3) is 0.400. The highest BCUT2D eigenvalue weighted by atomic mass is 32.2. The van der Waals surface area contributed by atoms with Crippen molar-refractivity contribution in [2.24, 2.45) is 5.84 Å². The number of anilines is 1. The van der Waals surface area contributed by atoms with Crippen LogP contribution in [0.4, 0.5) is 5.69 Å². The Morgan fingerprint density at radius 3 is 2.00 bits per heavy atom. The number of hydrazine groups is 2. The normalized spacial score (nSPS) is 11.9. The van der Waals surface area contributed by atoms with Gasteiger partial charge in [-0.3, -0.25) is 5.84 Å². The largest absolute Gasteiger partial charge is 0.324 e. The molecule has 0 saturated heterocycles. The number of benzene rings is 1. The number of nitrogen functional groups attached to an aromatic ring is 1. The summed E-state index contributed by atoms with van der Waals surface area (Å²) in [5, 5.41) is 1.39. The summed E-state index contributed by atoms with van der Waals surface area (Å²) in [6, 6.07) is 3.38. The maximum atomic E-state index is 12.1. The van der Waals surface area contributed by atoms with E-state index >= 15 is 0 Å². The van der Waals surface area contributed by atoms with Gasteiger partial charge in [0, 0.05) is 19.8 Å². The third-order valence-corrected chi connectivity index (χ3v) is 3.99. The second-order valence-electron chi connectivity index (χ2n) is 4.07. The second-order valence-corrected chi connectivity index (χ2v) is 5.67. The summed E-state index contributed by atoms with van der Waals surface area (Å²) in [6.07, 6.45) is 0. The molecule has 0 amide bonds. The molecule has 0 aliphatic rings. The minimum absolute atomic E-state index is 0.283. The molecule has 0 spiro atoms. The monoisotopic (exact) mass is 258 g/mol. The summed E-state index contributed by atoms with van der Waals surface area (Å²) >= 11 is 0. The van der Waals surface area contributed by atoms with E-state index in [1.165, 1.54) is 5.01 Å². The van der Waals surface area contributed by atoms with Crippen LogP contribution < -0.4 is 16.1 Å². The van der Waals surface area contributed by atoms with E-state index in [4.69, 9.17) is 5.84 Å². The van der Waals surface area contributed by atoms with Gasteiger partial charge in [0.05, 0.1) is 4.90 Å². The van der Waals surface area contributed by atoms with Crippen LogP contribution >= 0.6 is 0 Å². The van der Waals surface area contributed by atoms with Crippen LogP contribution in [0.1, 0.15) is 11.1 Å². The minimum Gasteiger partial charge on any atom is -0.324 e. The van der Waals surface area contributed by atoms with E-state index in [2.05, 4.69) is 10.3 Å². The van der Waals surface area contributed by atoms with E-state index in [1.807, 2.05) is 0 Å². The van der Waals surface area contributed by atoms with E-state index in [1.54, 1.807) is 40.1 Å². The average Bonchev–Trinajstić information content (AvgIpc) is 2.13. The highest BCUT2D eigenvalue weighted by Crippen LogP contribution is 2.23. The molecule has 7 heteroatoms. The molecule has 1 aromatic carbocycles. The van der Waals surface area contributed by atoms with Crippen LogP contribution in [0.5, 0.6) is 0 Å². The molecule has 96 valence electrons. The molecule has 0 atom stereocenters. The summed E-state index contributed by atoms with van der Waals surface area (Å²) in [5.41, 5.74) is 4.48. The van der Waals surface area contributed by atoms with Crippen molar-refractivity contribution in [2.75, 3.05) is 19.5 Å². The van der Waals surface area contributed by atoms with E-state index < -0.39 is 10.0 Å². The summed E-state index contributed by atoms with van der Waals surface area (Å²) in [7, 11) is -0.292. The van der Waals surface area contributed by atoms with Gasteiger partial charge in [0.15, 0.2) is 0 Å². The van der Waals surface area contributed by atoms with Crippen molar-refractivity contribution in [2.45, 2.75) is 18.7 Å². The zero-order valence-electron chi connectivity index (χ0n) is 10.4. The molecule has 0 fully saturated rings. The number of nitrogens with zero attached hydrogens (tertiary/aromatic N) is 1. The number of nitrogens with two attached hydrogens (primary N) is 1. The Kier molecular flexibility index (Phi) is 4.10. The van der Waals surface area contributed by atoms with Gasteiger partial charge in [-0.2, -0.15) is 0 Å². The third kappa shape index (κ3) is 3.16. The minimum atomic E-state index is -3.54. The lowest BCUT2D eigenvalue weighted by atomic mass is 10.1. The first-order chi connectivity index (χ1) is 7.77. The Morgan fingerprint density at radius 1 is 1.18 bits per heavy atom. The Labute approximate surface area is 102 Å². The summed E-state index contributed by atoms with van der Waals surface area (Å²) < 4.78 is 24.2. The van der Waals surface area contributed by atoms with E-state index in [0.29, 0.717) is 16.8 Å². The molecule has 6 nitrogen and oxygen atoms in total. The third-order valence-electron chi connectivity index (χ3n) is 2.20. The van der Waals surface area contributed by atoms with Gasteiger partial charge in [0.1, 0.15) is 0 Å². The first kappa shape index (κ1) is 13.9. The molecule has 0 saturated carbocycles. The maximum Gasteiger partial charge on any atom is 0.253 e. The molecule has 0 heterocycles. The van der Waals surface area contributed by atoms with Gasteiger partial charge in [-0.1, -0.05) is 0 Å². The molecule has 0 unspecified atom stereocenters. The topological polar surface area (TPSA) is 87.5 Å². The quantitative estimate of drug-likeness (QED) is 0.535. The summed E-state index contributed by atoms with van der Waals surface area (Å²) in [4.78, 5) is 2.69. The molecule has 0 radical (unpaired) electrons.